The van der Waals surface area contributed by atoms with Crippen molar-refractivity contribution in [1.29, 1.82) is 0 Å². The monoisotopic (exact) mass is 323 g/mol. The quantitative estimate of drug-likeness (QED) is 0.659. The second-order valence-electron chi connectivity index (χ2n) is 5.71. The summed E-state index contributed by atoms with van der Waals surface area (Å²) >= 11 is 0. The lowest BCUT2D eigenvalue weighted by atomic mass is 10.1. The number of aromatic nitrogens is 1. The minimum Gasteiger partial charge on any atom is -0.487 e. The molecule has 0 amide bonds. The largest absolute Gasteiger partial charge is 0.487 e. The Bertz CT molecular complexity index is 865. The van der Waals surface area contributed by atoms with Gasteiger partial charge in [0.1, 0.15) is 17.9 Å². The van der Waals surface area contributed by atoms with Gasteiger partial charge in [-0.2, -0.15) is 0 Å². The van der Waals surface area contributed by atoms with Gasteiger partial charge in [0.05, 0.1) is 12.1 Å². The molecular weight excluding hydrogens is 302 g/mol. The summed E-state index contributed by atoms with van der Waals surface area (Å²) in [7, 11) is 2.00. The average molecular weight is 323 g/mol. The van der Waals surface area contributed by atoms with Gasteiger partial charge in [0, 0.05) is 18.1 Å². The first-order chi connectivity index (χ1) is 11.6. The lowest BCUT2D eigenvalue weighted by molar-refractivity contribution is 0.0521. The standard InChI is InChI=1S/C20H21NO3/c1-4-23-20(22)16-10-11-18-17(12-14(2)21(18)3)19(16)24-13-15-8-6-5-7-9-15/h5-12H,4,13H2,1-3H3. The fourth-order valence-corrected chi connectivity index (χ4v) is 2.77. The van der Waals surface area contributed by atoms with E-state index in [-0.39, 0.29) is 5.97 Å². The molecule has 0 aliphatic heterocycles. The van der Waals surface area contributed by atoms with E-state index < -0.39 is 0 Å². The molecule has 0 saturated carbocycles. The Morgan fingerprint density at radius 3 is 2.58 bits per heavy atom. The summed E-state index contributed by atoms with van der Waals surface area (Å²) in [5, 5.41) is 0.927. The normalized spacial score (nSPS) is 10.8. The molecule has 0 atom stereocenters. The van der Waals surface area contributed by atoms with E-state index in [4.69, 9.17) is 9.47 Å². The van der Waals surface area contributed by atoms with Gasteiger partial charge in [-0.3, -0.25) is 0 Å². The van der Waals surface area contributed by atoms with Gasteiger partial charge in [0.15, 0.2) is 0 Å². The molecule has 0 saturated heterocycles. The van der Waals surface area contributed by atoms with Crippen LogP contribution < -0.4 is 4.74 Å². The SMILES string of the molecule is CCOC(=O)c1ccc2c(cc(C)n2C)c1OCc1ccccc1. The maximum Gasteiger partial charge on any atom is 0.341 e. The Kier molecular flexibility index (Phi) is 4.56. The van der Waals surface area contributed by atoms with Gasteiger partial charge >= 0.3 is 5.97 Å². The van der Waals surface area contributed by atoms with Gasteiger partial charge < -0.3 is 14.0 Å². The molecule has 0 N–H and O–H groups in total. The van der Waals surface area contributed by atoms with Crippen molar-refractivity contribution < 1.29 is 14.3 Å². The minimum absolute atomic E-state index is 0.336. The molecular formula is C20H21NO3. The van der Waals surface area contributed by atoms with Crippen molar-refractivity contribution in [2.45, 2.75) is 20.5 Å². The third kappa shape index (κ3) is 3.00. The highest BCUT2D eigenvalue weighted by Crippen LogP contribution is 2.33. The second kappa shape index (κ2) is 6.79. The van der Waals surface area contributed by atoms with Gasteiger partial charge in [-0.1, -0.05) is 30.3 Å². The number of ether oxygens (including phenoxy) is 2. The zero-order chi connectivity index (χ0) is 17.1. The Morgan fingerprint density at radius 1 is 1.12 bits per heavy atom. The zero-order valence-corrected chi connectivity index (χ0v) is 14.2. The van der Waals surface area contributed by atoms with Crippen LogP contribution in [0, 0.1) is 6.92 Å². The smallest absolute Gasteiger partial charge is 0.341 e. The van der Waals surface area contributed by atoms with Crippen molar-refractivity contribution in [2.75, 3.05) is 6.61 Å². The van der Waals surface area contributed by atoms with E-state index in [1.165, 1.54) is 0 Å². The van der Waals surface area contributed by atoms with Crippen molar-refractivity contribution in [2.24, 2.45) is 7.05 Å². The maximum atomic E-state index is 12.3. The predicted molar refractivity (Wildman–Crippen MR) is 94.4 cm³/mol. The summed E-state index contributed by atoms with van der Waals surface area (Å²) in [4.78, 5) is 12.3. The van der Waals surface area contributed by atoms with Crippen LogP contribution in [0.15, 0.2) is 48.5 Å². The Balaban J connectivity index is 2.05. The van der Waals surface area contributed by atoms with Crippen LogP contribution in [0.25, 0.3) is 10.9 Å². The lowest BCUT2D eigenvalue weighted by Crippen LogP contribution is -2.08. The summed E-state index contributed by atoms with van der Waals surface area (Å²) in [6.45, 7) is 4.57. The molecule has 2 aromatic carbocycles. The number of esters is 1. The Morgan fingerprint density at radius 2 is 1.88 bits per heavy atom. The number of hydrogen-bond donors (Lipinski definition) is 0. The number of nitrogens with zero attached hydrogens (tertiary/aromatic N) is 1. The molecule has 0 fully saturated rings. The first-order valence-corrected chi connectivity index (χ1v) is 8.04. The fourth-order valence-electron chi connectivity index (χ4n) is 2.77. The molecule has 4 nitrogen and oxygen atoms in total. The molecule has 124 valence electrons. The molecule has 0 bridgehead atoms. The molecule has 1 heterocycles. The number of hydrogen-bond acceptors (Lipinski definition) is 3. The van der Waals surface area contributed by atoms with Gasteiger partial charge in [-0.25, -0.2) is 4.79 Å². The summed E-state index contributed by atoms with van der Waals surface area (Å²) in [5.74, 6) is 0.225. The zero-order valence-electron chi connectivity index (χ0n) is 14.2. The molecule has 3 rings (SSSR count). The van der Waals surface area contributed by atoms with E-state index in [2.05, 4.69) is 4.57 Å². The average Bonchev–Trinajstić information content (AvgIpc) is 2.89. The van der Waals surface area contributed by atoms with Crippen molar-refractivity contribution in [3.05, 3.63) is 65.4 Å². The Labute approximate surface area is 141 Å². The van der Waals surface area contributed by atoms with Gasteiger partial charge in [-0.05, 0) is 37.6 Å². The van der Waals surface area contributed by atoms with Gasteiger partial charge in [0.2, 0.25) is 0 Å². The van der Waals surface area contributed by atoms with Crippen LogP contribution in [0.5, 0.6) is 5.75 Å². The number of fused-ring (bicyclic) bond motifs is 1. The fraction of sp³-hybridized carbons (Fsp3) is 0.250. The third-order valence-corrected chi connectivity index (χ3v) is 4.14. The molecule has 0 aliphatic rings. The van der Waals surface area contributed by atoms with Crippen LogP contribution >= 0.6 is 0 Å². The van der Waals surface area contributed by atoms with E-state index >= 15 is 0 Å². The first kappa shape index (κ1) is 16.1. The molecule has 4 heteroatoms. The molecule has 0 unspecified atom stereocenters. The summed E-state index contributed by atoms with van der Waals surface area (Å²) in [6, 6.07) is 15.7. The van der Waals surface area contributed by atoms with Crippen LogP contribution in [0.3, 0.4) is 0 Å². The van der Waals surface area contributed by atoms with E-state index in [0.717, 1.165) is 22.2 Å². The third-order valence-electron chi connectivity index (χ3n) is 4.14. The topological polar surface area (TPSA) is 40.5 Å². The second-order valence-corrected chi connectivity index (χ2v) is 5.71. The van der Waals surface area contributed by atoms with E-state index in [0.29, 0.717) is 24.5 Å². The first-order valence-electron chi connectivity index (χ1n) is 8.04. The highest BCUT2D eigenvalue weighted by atomic mass is 16.5. The number of aryl methyl sites for hydroxylation is 2. The van der Waals surface area contributed by atoms with Crippen LogP contribution in [0.4, 0.5) is 0 Å². The van der Waals surface area contributed by atoms with Crippen LogP contribution in [0.1, 0.15) is 28.5 Å². The molecule has 1 aromatic heterocycles. The summed E-state index contributed by atoms with van der Waals surface area (Å²) in [6.07, 6.45) is 0. The van der Waals surface area contributed by atoms with Crippen LogP contribution in [-0.4, -0.2) is 17.1 Å². The molecule has 3 aromatic rings. The minimum atomic E-state index is -0.357. The lowest BCUT2D eigenvalue weighted by Gasteiger charge is -2.13. The molecule has 0 aliphatic carbocycles. The van der Waals surface area contributed by atoms with Crippen LogP contribution in [-0.2, 0) is 18.4 Å². The van der Waals surface area contributed by atoms with Crippen molar-refractivity contribution >= 4 is 16.9 Å². The number of rotatable bonds is 5. The van der Waals surface area contributed by atoms with Crippen molar-refractivity contribution in [1.82, 2.24) is 4.57 Å². The van der Waals surface area contributed by atoms with Crippen LogP contribution in [0.2, 0.25) is 0 Å². The highest BCUT2D eigenvalue weighted by Gasteiger charge is 2.19. The number of benzene rings is 2. The number of carbonyl (C=O) groups is 1. The Hall–Kier alpha value is -2.75. The molecule has 0 spiro atoms. The van der Waals surface area contributed by atoms with E-state index in [1.807, 2.05) is 56.4 Å². The summed E-state index contributed by atoms with van der Waals surface area (Å²) < 4.78 is 13.3. The van der Waals surface area contributed by atoms with Crippen molar-refractivity contribution in [3.8, 4) is 5.75 Å². The maximum absolute atomic E-state index is 12.3. The molecule has 24 heavy (non-hydrogen) atoms. The number of carbonyl (C=O) groups excluding carboxylic acids is 1. The van der Waals surface area contributed by atoms with E-state index in [9.17, 15) is 4.79 Å². The molecule has 0 radical (unpaired) electrons. The van der Waals surface area contributed by atoms with Crippen molar-refractivity contribution in [3.63, 3.8) is 0 Å². The summed E-state index contributed by atoms with van der Waals surface area (Å²) in [5.41, 5.74) is 3.65. The predicted octanol–water partition coefficient (Wildman–Crippen LogP) is 4.24. The van der Waals surface area contributed by atoms with Gasteiger partial charge in [-0.15, -0.1) is 0 Å². The van der Waals surface area contributed by atoms with Gasteiger partial charge in [0.25, 0.3) is 0 Å². The van der Waals surface area contributed by atoms with E-state index in [1.54, 1.807) is 13.0 Å². The highest BCUT2D eigenvalue weighted by molar-refractivity contribution is 6.01.